The quantitative estimate of drug-likeness (QED) is 0.378. The van der Waals surface area contributed by atoms with Crippen molar-refractivity contribution in [2.45, 2.75) is 5.16 Å². The molecular formula is C11H7N5O4S2. The Balaban J connectivity index is 2.04. The van der Waals surface area contributed by atoms with Gasteiger partial charge in [0, 0.05) is 16.8 Å². The van der Waals surface area contributed by atoms with Gasteiger partial charge >= 0.3 is 5.03 Å². The Labute approximate surface area is 130 Å². The van der Waals surface area contributed by atoms with Crippen molar-refractivity contribution >= 4 is 34.1 Å². The molecule has 9 nitrogen and oxygen atoms in total. The molecule has 112 valence electrons. The highest BCUT2D eigenvalue weighted by molar-refractivity contribution is 7.98. The smallest absolute Gasteiger partial charge is 0.319 e. The number of ketones is 1. The van der Waals surface area contributed by atoms with Crippen molar-refractivity contribution in [3.8, 4) is 0 Å². The Morgan fingerprint density at radius 2 is 2.23 bits per heavy atom. The highest BCUT2D eigenvalue weighted by Gasteiger charge is 2.31. The molecule has 1 N–H and O–H groups in total. The van der Waals surface area contributed by atoms with Crippen molar-refractivity contribution in [3.05, 3.63) is 57.3 Å². The van der Waals surface area contributed by atoms with E-state index in [1.54, 1.807) is 6.07 Å². The van der Waals surface area contributed by atoms with Gasteiger partial charge in [0.1, 0.15) is 5.03 Å². The number of carbonyl (C=O) groups excluding carboxylic acids is 1. The summed E-state index contributed by atoms with van der Waals surface area (Å²) in [6, 6.07) is 3.01. The maximum absolute atomic E-state index is 12.3. The number of hydrogen-bond acceptors (Lipinski definition) is 8. The van der Waals surface area contributed by atoms with Gasteiger partial charge in [-0.3, -0.25) is 24.3 Å². The molecule has 22 heavy (non-hydrogen) atoms. The second kappa shape index (κ2) is 5.35. The fourth-order valence-corrected chi connectivity index (χ4v) is 3.27. The van der Waals surface area contributed by atoms with Crippen molar-refractivity contribution in [2.24, 2.45) is 0 Å². The molecule has 1 aliphatic rings. The van der Waals surface area contributed by atoms with Crippen LogP contribution in [0.15, 0.2) is 45.2 Å². The van der Waals surface area contributed by atoms with E-state index in [0.29, 0.717) is 0 Å². The topological polar surface area (TPSA) is 128 Å². The van der Waals surface area contributed by atoms with Crippen molar-refractivity contribution in [1.82, 2.24) is 14.8 Å². The number of aromatic nitrogens is 3. The maximum Gasteiger partial charge on any atom is 0.319 e. The Hall–Kier alpha value is -2.53. The first-order valence-electron chi connectivity index (χ1n) is 5.75. The summed E-state index contributed by atoms with van der Waals surface area (Å²) in [7, 11) is -1.57. The molecule has 0 saturated heterocycles. The molecule has 0 spiro atoms. The number of nitrogens with one attached hydrogen (secondary N) is 1. The normalized spacial score (nSPS) is 17.2. The molecule has 3 heterocycles. The molecule has 2 aromatic heterocycles. The van der Waals surface area contributed by atoms with E-state index in [2.05, 4.69) is 22.8 Å². The first-order chi connectivity index (χ1) is 10.5. The van der Waals surface area contributed by atoms with E-state index in [1.165, 1.54) is 29.0 Å². The number of allylic oxidation sites excluding steroid dienone is 2. The Bertz CT molecular complexity index is 865. The van der Waals surface area contributed by atoms with Crippen LogP contribution in [0, 0.1) is 14.9 Å². The fraction of sp³-hybridized carbons (Fsp3) is 0. The summed E-state index contributed by atoms with van der Waals surface area (Å²) in [4.78, 5) is 22.6. The highest BCUT2D eigenvalue weighted by Crippen LogP contribution is 2.28. The van der Waals surface area contributed by atoms with Crippen molar-refractivity contribution in [1.29, 1.82) is 4.78 Å². The molecule has 0 aliphatic carbocycles. The van der Waals surface area contributed by atoms with Crippen LogP contribution in [0.25, 0.3) is 5.03 Å². The SMILES string of the molecule is N=S1C(n2c(S)nnc2C(=O)c2ccco2)=CC=C1[N+](=O)[O-]. The van der Waals surface area contributed by atoms with E-state index in [4.69, 9.17) is 9.20 Å². The van der Waals surface area contributed by atoms with Crippen molar-refractivity contribution < 1.29 is 14.1 Å². The summed E-state index contributed by atoms with van der Waals surface area (Å²) in [6.07, 6.45) is 3.95. The van der Waals surface area contributed by atoms with Gasteiger partial charge in [0.05, 0.1) is 11.2 Å². The number of rotatable bonds is 4. The standard InChI is InChI=1S/C11H7N5O4S2/c12-22-7(3-4-8(22)16(18)19)15-10(13-14-11(15)21)9(17)6-2-1-5-20-6/h1-5,12H,(H,14,21). The minimum absolute atomic E-state index is 0.0490. The number of furan rings is 1. The third-order valence-corrected chi connectivity index (χ3v) is 4.51. The van der Waals surface area contributed by atoms with Gasteiger partial charge in [-0.1, -0.05) is 0 Å². The average molecular weight is 337 g/mol. The fourth-order valence-electron chi connectivity index (χ4n) is 1.83. The van der Waals surface area contributed by atoms with Crippen LogP contribution in [0.5, 0.6) is 0 Å². The largest absolute Gasteiger partial charge is 0.461 e. The molecule has 0 amide bonds. The summed E-state index contributed by atoms with van der Waals surface area (Å²) < 4.78 is 14.2. The van der Waals surface area contributed by atoms with Crippen LogP contribution in [0.1, 0.15) is 16.4 Å². The van der Waals surface area contributed by atoms with E-state index in [9.17, 15) is 14.9 Å². The van der Waals surface area contributed by atoms with E-state index in [0.717, 1.165) is 0 Å². The van der Waals surface area contributed by atoms with Gasteiger partial charge in [0.25, 0.3) is 5.78 Å². The molecule has 3 rings (SSSR count). The van der Waals surface area contributed by atoms with Crippen LogP contribution in [-0.4, -0.2) is 25.5 Å². The molecule has 11 heteroatoms. The molecule has 2 aromatic rings. The molecule has 1 unspecified atom stereocenters. The van der Waals surface area contributed by atoms with Crippen LogP contribution in [0.4, 0.5) is 0 Å². The Kier molecular flexibility index (Phi) is 3.50. The number of thiol groups is 1. The minimum Gasteiger partial charge on any atom is -0.461 e. The Morgan fingerprint density at radius 1 is 1.45 bits per heavy atom. The lowest BCUT2D eigenvalue weighted by Crippen LogP contribution is -2.13. The summed E-state index contributed by atoms with van der Waals surface area (Å²) in [5.41, 5.74) is 0. The predicted molar refractivity (Wildman–Crippen MR) is 78.8 cm³/mol. The van der Waals surface area contributed by atoms with Crippen LogP contribution in [0.3, 0.4) is 0 Å². The lowest BCUT2D eigenvalue weighted by atomic mass is 10.3. The molecule has 0 bridgehead atoms. The van der Waals surface area contributed by atoms with Gasteiger partial charge in [-0.15, -0.1) is 22.8 Å². The third kappa shape index (κ3) is 2.19. The van der Waals surface area contributed by atoms with Gasteiger partial charge in [0.15, 0.2) is 10.9 Å². The van der Waals surface area contributed by atoms with Gasteiger partial charge in [-0.05, 0) is 18.2 Å². The number of hydrogen-bond donors (Lipinski definition) is 2. The minimum atomic E-state index is -1.57. The second-order valence-electron chi connectivity index (χ2n) is 4.04. The van der Waals surface area contributed by atoms with Crippen LogP contribution >= 0.6 is 12.6 Å². The van der Waals surface area contributed by atoms with E-state index < -0.39 is 21.4 Å². The van der Waals surface area contributed by atoms with Crippen LogP contribution in [-0.2, 0) is 10.7 Å². The zero-order valence-electron chi connectivity index (χ0n) is 10.7. The maximum atomic E-state index is 12.3. The molecule has 0 fully saturated rings. The lowest BCUT2D eigenvalue weighted by Gasteiger charge is -2.08. The monoisotopic (exact) mass is 337 g/mol. The van der Waals surface area contributed by atoms with E-state index in [-0.39, 0.29) is 26.8 Å². The van der Waals surface area contributed by atoms with Gasteiger partial charge in [0.2, 0.25) is 5.82 Å². The van der Waals surface area contributed by atoms with Crippen molar-refractivity contribution in [2.75, 3.05) is 0 Å². The highest BCUT2D eigenvalue weighted by atomic mass is 32.2. The lowest BCUT2D eigenvalue weighted by molar-refractivity contribution is -0.410. The van der Waals surface area contributed by atoms with Gasteiger partial charge in [-0.25, -0.2) is 0 Å². The molecule has 0 aromatic carbocycles. The average Bonchev–Trinajstić information content (AvgIpc) is 3.18. The van der Waals surface area contributed by atoms with E-state index >= 15 is 0 Å². The molecular weight excluding hydrogens is 330 g/mol. The summed E-state index contributed by atoms with van der Waals surface area (Å²) >= 11 is 4.10. The van der Waals surface area contributed by atoms with Crippen LogP contribution in [0.2, 0.25) is 0 Å². The predicted octanol–water partition coefficient (Wildman–Crippen LogP) is 1.70. The van der Waals surface area contributed by atoms with Gasteiger partial charge < -0.3 is 4.42 Å². The summed E-state index contributed by atoms with van der Waals surface area (Å²) in [5.74, 6) is -0.618. The zero-order chi connectivity index (χ0) is 15.9. The number of nitro groups is 1. The molecule has 1 atom stereocenters. The van der Waals surface area contributed by atoms with Crippen molar-refractivity contribution in [3.63, 3.8) is 0 Å². The number of carbonyl (C=O) groups is 1. The Morgan fingerprint density at radius 3 is 2.82 bits per heavy atom. The molecule has 1 aliphatic heterocycles. The summed E-state index contributed by atoms with van der Waals surface area (Å²) in [6.45, 7) is 0. The number of nitrogens with zero attached hydrogens (tertiary/aromatic N) is 4. The molecule has 0 radical (unpaired) electrons. The first-order valence-corrected chi connectivity index (χ1v) is 7.42. The van der Waals surface area contributed by atoms with Gasteiger partial charge in [-0.2, -0.15) is 0 Å². The zero-order valence-corrected chi connectivity index (χ0v) is 12.4. The van der Waals surface area contributed by atoms with Crippen LogP contribution < -0.4 is 0 Å². The summed E-state index contributed by atoms with van der Waals surface area (Å²) in [5, 5.41) is 18.3. The second-order valence-corrected chi connectivity index (χ2v) is 5.89. The third-order valence-electron chi connectivity index (χ3n) is 2.78. The molecule has 0 saturated carbocycles. The first kappa shape index (κ1) is 14.4. The van der Waals surface area contributed by atoms with E-state index in [1.807, 2.05) is 0 Å².